The van der Waals surface area contributed by atoms with Gasteiger partial charge >= 0.3 is 0 Å². The normalized spacial score (nSPS) is 12.3. The SMILES string of the molecule is CCN(C(=O)CNC(c1ccc(OC)cc1)C(C)C)c1nc2ccccc2s1. The third-order valence-corrected chi connectivity index (χ3v) is 5.80. The fourth-order valence-electron chi connectivity index (χ4n) is 3.24. The van der Waals surface area contributed by atoms with E-state index < -0.39 is 0 Å². The Hall–Kier alpha value is -2.44. The summed E-state index contributed by atoms with van der Waals surface area (Å²) in [5.74, 6) is 1.20. The zero-order valence-electron chi connectivity index (χ0n) is 16.8. The minimum Gasteiger partial charge on any atom is -0.497 e. The van der Waals surface area contributed by atoms with Crippen LogP contribution in [0.3, 0.4) is 0 Å². The number of likely N-dealkylation sites (N-methyl/N-ethyl adjacent to an activating group) is 1. The van der Waals surface area contributed by atoms with Gasteiger partial charge in [0.15, 0.2) is 5.13 Å². The number of hydrogen-bond donors (Lipinski definition) is 1. The van der Waals surface area contributed by atoms with Crippen LogP contribution in [0.15, 0.2) is 48.5 Å². The smallest absolute Gasteiger partial charge is 0.242 e. The molecule has 1 heterocycles. The maximum absolute atomic E-state index is 12.9. The first-order valence-corrected chi connectivity index (χ1v) is 10.4. The van der Waals surface area contributed by atoms with Gasteiger partial charge in [-0.05, 0) is 42.7 Å². The summed E-state index contributed by atoms with van der Waals surface area (Å²) >= 11 is 1.55. The van der Waals surface area contributed by atoms with Crippen LogP contribution in [-0.4, -0.2) is 31.1 Å². The molecule has 1 aromatic heterocycles. The number of amides is 1. The Morgan fingerprint density at radius 2 is 1.89 bits per heavy atom. The molecular formula is C22H27N3O2S. The molecule has 0 aliphatic rings. The maximum Gasteiger partial charge on any atom is 0.242 e. The quantitative estimate of drug-likeness (QED) is 0.601. The molecule has 0 spiro atoms. The molecule has 1 amide bonds. The van der Waals surface area contributed by atoms with Gasteiger partial charge in [-0.25, -0.2) is 4.98 Å². The van der Waals surface area contributed by atoms with Crippen LogP contribution in [-0.2, 0) is 4.79 Å². The molecule has 0 saturated carbocycles. The van der Waals surface area contributed by atoms with Crippen molar-refractivity contribution in [2.45, 2.75) is 26.8 Å². The highest BCUT2D eigenvalue weighted by atomic mass is 32.1. The summed E-state index contributed by atoms with van der Waals surface area (Å²) in [5, 5.41) is 4.19. The summed E-state index contributed by atoms with van der Waals surface area (Å²) in [6, 6.07) is 16.1. The average molecular weight is 398 g/mol. The molecule has 6 heteroatoms. The molecule has 5 nitrogen and oxygen atoms in total. The second-order valence-electron chi connectivity index (χ2n) is 6.98. The molecule has 2 aromatic carbocycles. The Kier molecular flexibility index (Phi) is 6.65. The number of aromatic nitrogens is 1. The number of para-hydroxylation sites is 1. The van der Waals surface area contributed by atoms with Gasteiger partial charge in [0.25, 0.3) is 0 Å². The number of hydrogen-bond acceptors (Lipinski definition) is 5. The van der Waals surface area contributed by atoms with Crippen LogP contribution in [0.1, 0.15) is 32.4 Å². The van der Waals surface area contributed by atoms with Gasteiger partial charge in [0, 0.05) is 12.6 Å². The van der Waals surface area contributed by atoms with E-state index in [9.17, 15) is 4.79 Å². The zero-order valence-corrected chi connectivity index (χ0v) is 17.6. The van der Waals surface area contributed by atoms with E-state index in [4.69, 9.17) is 4.74 Å². The van der Waals surface area contributed by atoms with Crippen molar-refractivity contribution in [2.24, 2.45) is 5.92 Å². The van der Waals surface area contributed by atoms with Crippen LogP contribution in [0.4, 0.5) is 5.13 Å². The lowest BCUT2D eigenvalue weighted by Crippen LogP contribution is -2.40. The second-order valence-corrected chi connectivity index (χ2v) is 7.99. The summed E-state index contributed by atoms with van der Waals surface area (Å²) < 4.78 is 6.33. The van der Waals surface area contributed by atoms with E-state index in [1.54, 1.807) is 23.3 Å². The molecule has 148 valence electrons. The van der Waals surface area contributed by atoms with Crippen LogP contribution >= 0.6 is 11.3 Å². The summed E-state index contributed by atoms with van der Waals surface area (Å²) in [6.07, 6.45) is 0. The molecule has 1 N–H and O–H groups in total. The van der Waals surface area contributed by atoms with Crippen LogP contribution < -0.4 is 15.0 Å². The van der Waals surface area contributed by atoms with E-state index in [-0.39, 0.29) is 18.5 Å². The average Bonchev–Trinajstić information content (AvgIpc) is 3.12. The number of thiazole rings is 1. The Bertz CT molecular complexity index is 888. The molecule has 0 aliphatic heterocycles. The number of rotatable bonds is 8. The molecule has 3 aromatic rings. The largest absolute Gasteiger partial charge is 0.497 e. The topological polar surface area (TPSA) is 54.5 Å². The number of methoxy groups -OCH3 is 1. The van der Waals surface area contributed by atoms with Crippen molar-refractivity contribution in [3.63, 3.8) is 0 Å². The molecule has 28 heavy (non-hydrogen) atoms. The lowest BCUT2D eigenvalue weighted by atomic mass is 9.96. The number of nitrogens with zero attached hydrogens (tertiary/aromatic N) is 2. The molecule has 3 rings (SSSR count). The monoisotopic (exact) mass is 397 g/mol. The van der Waals surface area contributed by atoms with Crippen molar-refractivity contribution >= 4 is 32.6 Å². The van der Waals surface area contributed by atoms with Crippen LogP contribution in [0, 0.1) is 5.92 Å². The van der Waals surface area contributed by atoms with Crippen molar-refractivity contribution < 1.29 is 9.53 Å². The van der Waals surface area contributed by atoms with Gasteiger partial charge in [-0.3, -0.25) is 9.69 Å². The molecule has 0 saturated heterocycles. The highest BCUT2D eigenvalue weighted by Crippen LogP contribution is 2.29. The Morgan fingerprint density at radius 1 is 1.18 bits per heavy atom. The van der Waals surface area contributed by atoms with E-state index in [0.29, 0.717) is 12.5 Å². The molecule has 1 unspecified atom stereocenters. The van der Waals surface area contributed by atoms with Crippen molar-refractivity contribution in [1.29, 1.82) is 0 Å². The number of nitrogens with one attached hydrogen (secondary N) is 1. The van der Waals surface area contributed by atoms with E-state index in [2.05, 4.69) is 24.1 Å². The summed E-state index contributed by atoms with van der Waals surface area (Å²) in [7, 11) is 1.66. The van der Waals surface area contributed by atoms with Crippen LogP contribution in [0.25, 0.3) is 10.2 Å². The van der Waals surface area contributed by atoms with Crippen molar-refractivity contribution in [3.8, 4) is 5.75 Å². The summed E-state index contributed by atoms with van der Waals surface area (Å²) in [6.45, 7) is 7.14. The maximum atomic E-state index is 12.9. The number of ether oxygens (including phenoxy) is 1. The van der Waals surface area contributed by atoms with Gasteiger partial charge in [-0.15, -0.1) is 0 Å². The second kappa shape index (κ2) is 9.17. The van der Waals surface area contributed by atoms with Gasteiger partial charge in [0.2, 0.25) is 5.91 Å². The highest BCUT2D eigenvalue weighted by Gasteiger charge is 2.21. The lowest BCUT2D eigenvalue weighted by molar-refractivity contribution is -0.117. The lowest BCUT2D eigenvalue weighted by Gasteiger charge is -2.25. The number of anilines is 1. The Morgan fingerprint density at radius 3 is 2.50 bits per heavy atom. The van der Waals surface area contributed by atoms with Gasteiger partial charge in [-0.2, -0.15) is 0 Å². The van der Waals surface area contributed by atoms with Gasteiger partial charge in [0.05, 0.1) is 23.9 Å². The van der Waals surface area contributed by atoms with E-state index in [1.807, 2.05) is 55.5 Å². The number of carbonyl (C=O) groups is 1. The molecule has 1 atom stereocenters. The zero-order chi connectivity index (χ0) is 20.1. The van der Waals surface area contributed by atoms with E-state index in [1.165, 1.54) is 0 Å². The van der Waals surface area contributed by atoms with Crippen molar-refractivity contribution in [3.05, 3.63) is 54.1 Å². The third kappa shape index (κ3) is 4.51. The minimum absolute atomic E-state index is 0.0284. The Balaban J connectivity index is 1.71. The molecule has 0 bridgehead atoms. The first-order valence-electron chi connectivity index (χ1n) is 9.56. The van der Waals surface area contributed by atoms with Crippen molar-refractivity contribution in [2.75, 3.05) is 25.1 Å². The minimum atomic E-state index is 0.0284. The molecule has 0 aliphatic carbocycles. The predicted octanol–water partition coefficient (Wildman–Crippen LogP) is 4.64. The molecular weight excluding hydrogens is 370 g/mol. The molecule has 0 fully saturated rings. The standard InChI is InChI=1S/C22H27N3O2S/c1-5-25(22-24-18-8-6-7-9-19(18)28-22)20(26)14-23-21(15(2)3)16-10-12-17(27-4)13-11-16/h6-13,15,21,23H,5,14H2,1-4H3. The number of carbonyl (C=O) groups excluding carboxylic acids is 1. The summed E-state index contributed by atoms with van der Waals surface area (Å²) in [4.78, 5) is 19.3. The first kappa shape index (κ1) is 20.3. The fraction of sp³-hybridized carbons (Fsp3) is 0.364. The van der Waals surface area contributed by atoms with Crippen molar-refractivity contribution in [1.82, 2.24) is 10.3 Å². The van der Waals surface area contributed by atoms with Gasteiger partial charge in [-0.1, -0.05) is 49.4 Å². The third-order valence-electron chi connectivity index (χ3n) is 4.75. The number of fused-ring (bicyclic) bond motifs is 1. The number of benzene rings is 2. The van der Waals surface area contributed by atoms with E-state index in [0.717, 1.165) is 26.7 Å². The first-order chi connectivity index (χ1) is 13.5. The Labute approximate surface area is 170 Å². The van der Waals surface area contributed by atoms with E-state index >= 15 is 0 Å². The molecule has 0 radical (unpaired) electrons. The predicted molar refractivity (Wildman–Crippen MR) is 116 cm³/mol. The van der Waals surface area contributed by atoms with Crippen LogP contribution in [0.5, 0.6) is 5.75 Å². The fourth-order valence-corrected chi connectivity index (χ4v) is 4.28. The van der Waals surface area contributed by atoms with Gasteiger partial charge < -0.3 is 10.1 Å². The van der Waals surface area contributed by atoms with Crippen LogP contribution in [0.2, 0.25) is 0 Å². The van der Waals surface area contributed by atoms with Gasteiger partial charge in [0.1, 0.15) is 5.75 Å². The summed E-state index contributed by atoms with van der Waals surface area (Å²) in [5.41, 5.74) is 2.08. The highest BCUT2D eigenvalue weighted by molar-refractivity contribution is 7.22.